The van der Waals surface area contributed by atoms with E-state index in [9.17, 15) is 4.79 Å². The quantitative estimate of drug-likeness (QED) is 0.542. The number of ether oxygens (including phenoxy) is 2. The van der Waals surface area contributed by atoms with Crippen LogP contribution in [0, 0.1) is 17.3 Å². The van der Waals surface area contributed by atoms with Crippen molar-refractivity contribution in [2.45, 2.75) is 90.5 Å². The van der Waals surface area contributed by atoms with Crippen LogP contribution in [-0.4, -0.2) is 78.9 Å². The summed E-state index contributed by atoms with van der Waals surface area (Å²) in [6, 6.07) is 0.655. The molecule has 2 saturated carbocycles. The van der Waals surface area contributed by atoms with Crippen LogP contribution in [0.25, 0.3) is 0 Å². The third-order valence-corrected chi connectivity index (χ3v) is 7.58. The molecule has 0 radical (unpaired) electrons. The van der Waals surface area contributed by atoms with Gasteiger partial charge in [0.15, 0.2) is 5.96 Å². The Hall–Kier alpha value is -1.50. The molecule has 0 aromatic carbocycles. The van der Waals surface area contributed by atoms with Gasteiger partial charge in [0.2, 0.25) is 0 Å². The number of hydrogen-bond acceptors (Lipinski definition) is 4. The van der Waals surface area contributed by atoms with Gasteiger partial charge in [0, 0.05) is 56.7 Å². The van der Waals surface area contributed by atoms with Gasteiger partial charge < -0.3 is 24.6 Å². The Labute approximate surface area is 187 Å². The van der Waals surface area contributed by atoms with Crippen molar-refractivity contribution >= 4 is 12.1 Å². The van der Waals surface area contributed by atoms with E-state index in [4.69, 9.17) is 9.47 Å². The van der Waals surface area contributed by atoms with Gasteiger partial charge >= 0.3 is 6.09 Å². The number of nitrogens with one attached hydrogen (secondary N) is 1. The summed E-state index contributed by atoms with van der Waals surface area (Å²) in [6.45, 7) is 14.0. The minimum absolute atomic E-state index is 0.132. The first-order valence-corrected chi connectivity index (χ1v) is 12.2. The van der Waals surface area contributed by atoms with Crippen molar-refractivity contribution in [3.63, 3.8) is 0 Å². The van der Waals surface area contributed by atoms with Crippen LogP contribution in [-0.2, 0) is 9.47 Å². The summed E-state index contributed by atoms with van der Waals surface area (Å²) in [5, 5.41) is 3.77. The molecule has 0 bridgehead atoms. The normalized spacial score (nSPS) is 31.1. The fourth-order valence-corrected chi connectivity index (χ4v) is 5.71. The number of guanidine groups is 1. The van der Waals surface area contributed by atoms with Crippen LogP contribution in [0.3, 0.4) is 0 Å². The number of carbonyl (C=O) groups is 1. The van der Waals surface area contributed by atoms with E-state index in [1.165, 1.54) is 12.8 Å². The molecular weight excluding hydrogens is 392 g/mol. The number of hydrogen-bond donors (Lipinski definition) is 1. The number of rotatable bonds is 4. The van der Waals surface area contributed by atoms with E-state index in [2.05, 4.69) is 29.1 Å². The number of piperidine rings is 1. The Morgan fingerprint density at radius 1 is 1.19 bits per heavy atom. The highest BCUT2D eigenvalue weighted by atomic mass is 16.6. The zero-order valence-electron chi connectivity index (χ0n) is 20.3. The van der Waals surface area contributed by atoms with Gasteiger partial charge in [0.1, 0.15) is 5.60 Å². The van der Waals surface area contributed by atoms with Gasteiger partial charge in [-0.15, -0.1) is 0 Å². The second-order valence-corrected chi connectivity index (χ2v) is 11.5. The molecule has 2 aliphatic heterocycles. The molecule has 2 saturated heterocycles. The van der Waals surface area contributed by atoms with Crippen LogP contribution < -0.4 is 5.32 Å². The van der Waals surface area contributed by atoms with Crippen LogP contribution in [0.1, 0.15) is 66.7 Å². The third kappa shape index (κ3) is 4.81. The first-order chi connectivity index (χ1) is 14.6. The van der Waals surface area contributed by atoms with Crippen molar-refractivity contribution in [3.8, 4) is 0 Å². The first kappa shape index (κ1) is 22.7. The highest BCUT2D eigenvalue weighted by Gasteiger charge is 2.59. The Kier molecular flexibility index (Phi) is 6.18. The first-order valence-electron chi connectivity index (χ1n) is 12.2. The zero-order chi connectivity index (χ0) is 22.4. The minimum atomic E-state index is -0.455. The second kappa shape index (κ2) is 8.45. The van der Waals surface area contributed by atoms with E-state index < -0.39 is 5.60 Å². The summed E-state index contributed by atoms with van der Waals surface area (Å²) >= 11 is 0. The smallest absolute Gasteiger partial charge is 0.410 e. The molecule has 2 heterocycles. The average molecular weight is 435 g/mol. The van der Waals surface area contributed by atoms with Gasteiger partial charge in [-0.3, -0.25) is 4.99 Å². The van der Waals surface area contributed by atoms with Gasteiger partial charge in [0.05, 0.1) is 6.10 Å². The number of fused-ring (bicyclic) bond motifs is 1. The Balaban J connectivity index is 1.34. The fraction of sp³-hybridized carbons (Fsp3) is 0.917. The maximum absolute atomic E-state index is 12.9. The molecule has 0 spiro atoms. The van der Waals surface area contributed by atoms with Crippen molar-refractivity contribution in [2.75, 3.05) is 33.3 Å². The lowest BCUT2D eigenvalue weighted by Gasteiger charge is -2.55. The minimum Gasteiger partial charge on any atom is -0.444 e. The number of amides is 1. The predicted molar refractivity (Wildman–Crippen MR) is 122 cm³/mol. The highest BCUT2D eigenvalue weighted by Crippen LogP contribution is 2.52. The molecule has 0 aromatic rings. The van der Waals surface area contributed by atoms with Gasteiger partial charge in [-0.2, -0.15) is 0 Å². The lowest BCUT2D eigenvalue weighted by Crippen LogP contribution is -2.68. The topological polar surface area (TPSA) is 66.4 Å². The Bertz CT molecular complexity index is 689. The van der Waals surface area contributed by atoms with E-state index in [-0.39, 0.29) is 17.6 Å². The van der Waals surface area contributed by atoms with Crippen molar-refractivity contribution in [1.29, 1.82) is 0 Å². The molecule has 3 atom stereocenters. The molecule has 4 aliphatic rings. The number of carbonyl (C=O) groups excluding carboxylic acids is 1. The van der Waals surface area contributed by atoms with Crippen LogP contribution in [0.15, 0.2) is 4.99 Å². The maximum Gasteiger partial charge on any atom is 0.410 e. The van der Waals surface area contributed by atoms with Gasteiger partial charge in [-0.05, 0) is 58.8 Å². The van der Waals surface area contributed by atoms with Crippen LogP contribution in [0.4, 0.5) is 4.79 Å². The summed E-state index contributed by atoms with van der Waals surface area (Å²) in [7, 11) is 1.88. The predicted octanol–water partition coefficient (Wildman–Crippen LogP) is 3.49. The number of likely N-dealkylation sites (tertiary alicyclic amines) is 1. The van der Waals surface area contributed by atoms with Crippen LogP contribution in [0.2, 0.25) is 0 Å². The van der Waals surface area contributed by atoms with E-state index >= 15 is 0 Å². The average Bonchev–Trinajstić information content (AvgIpc) is 3.40. The summed E-state index contributed by atoms with van der Waals surface area (Å²) in [5.41, 5.74) is -0.323. The van der Waals surface area contributed by atoms with E-state index in [1.54, 1.807) is 0 Å². The van der Waals surface area contributed by atoms with E-state index in [1.807, 2.05) is 32.7 Å². The highest BCUT2D eigenvalue weighted by molar-refractivity contribution is 5.80. The monoisotopic (exact) mass is 434 g/mol. The molecule has 0 aromatic heterocycles. The maximum atomic E-state index is 12.9. The third-order valence-electron chi connectivity index (χ3n) is 7.58. The molecule has 1 amide bonds. The summed E-state index contributed by atoms with van der Waals surface area (Å²) < 4.78 is 11.7. The zero-order valence-corrected chi connectivity index (χ0v) is 20.3. The molecule has 4 fully saturated rings. The molecular formula is C24H42N4O3. The van der Waals surface area contributed by atoms with Crippen molar-refractivity contribution in [3.05, 3.63) is 0 Å². The Morgan fingerprint density at radius 2 is 1.87 bits per heavy atom. The molecule has 2 aliphatic carbocycles. The summed E-state index contributed by atoms with van der Waals surface area (Å²) in [5.74, 6) is 2.24. The van der Waals surface area contributed by atoms with Gasteiger partial charge in [0.25, 0.3) is 0 Å². The lowest BCUT2D eigenvalue weighted by molar-refractivity contribution is -0.107. The summed E-state index contributed by atoms with van der Waals surface area (Å²) in [4.78, 5) is 21.9. The van der Waals surface area contributed by atoms with E-state index in [0.717, 1.165) is 51.5 Å². The van der Waals surface area contributed by atoms with E-state index in [0.29, 0.717) is 24.0 Å². The molecule has 176 valence electrons. The van der Waals surface area contributed by atoms with Crippen molar-refractivity contribution in [2.24, 2.45) is 22.2 Å². The molecule has 7 nitrogen and oxygen atoms in total. The Morgan fingerprint density at radius 3 is 2.45 bits per heavy atom. The van der Waals surface area contributed by atoms with Crippen molar-refractivity contribution < 1.29 is 14.3 Å². The summed E-state index contributed by atoms with van der Waals surface area (Å²) in [6.07, 6.45) is 5.74. The van der Waals surface area contributed by atoms with Crippen LogP contribution >= 0.6 is 0 Å². The van der Waals surface area contributed by atoms with Gasteiger partial charge in [-0.1, -0.05) is 13.8 Å². The molecule has 3 unspecified atom stereocenters. The fourth-order valence-electron chi connectivity index (χ4n) is 5.71. The van der Waals surface area contributed by atoms with Crippen LogP contribution in [0.5, 0.6) is 0 Å². The molecule has 31 heavy (non-hydrogen) atoms. The standard InChI is InChI=1S/C24H42N4O3/c1-23(2,3)31-22(29)28(15-16-7-8-16)17-9-12-27(13-10-17)21(25-6)26-19-18-11-14-30-20(18)24(19,4)5/h16-20H,7-15H2,1-6H3,(H,25,26). The second-order valence-electron chi connectivity index (χ2n) is 11.5. The molecule has 1 N–H and O–H groups in total. The number of nitrogens with zero attached hydrogens (tertiary/aromatic N) is 3. The lowest BCUT2D eigenvalue weighted by atomic mass is 9.57. The van der Waals surface area contributed by atoms with Gasteiger partial charge in [-0.25, -0.2) is 4.79 Å². The number of aliphatic imine (C=N–C) groups is 1. The molecule has 4 rings (SSSR count). The molecule has 7 heteroatoms. The largest absolute Gasteiger partial charge is 0.444 e. The SMILES string of the molecule is CN=C(NC1C2CCOC2C1(C)C)N1CCC(N(CC2CC2)C(=O)OC(C)(C)C)CC1. The van der Waals surface area contributed by atoms with Crippen molar-refractivity contribution in [1.82, 2.24) is 15.1 Å².